The number of nitrogens with zero attached hydrogens (tertiary/aromatic N) is 3. The lowest BCUT2D eigenvalue weighted by Gasteiger charge is -2.05. The summed E-state index contributed by atoms with van der Waals surface area (Å²) in [6.45, 7) is 2.71. The number of aromatic nitrogens is 1. The first-order valence-electron chi connectivity index (χ1n) is 8.27. The van der Waals surface area contributed by atoms with Gasteiger partial charge in [0.1, 0.15) is 5.75 Å². The predicted octanol–water partition coefficient (Wildman–Crippen LogP) is 5.43. The Balaban J connectivity index is 2.00. The van der Waals surface area contributed by atoms with Crippen LogP contribution in [0.5, 0.6) is 11.6 Å². The number of unbranched alkanes of at least 4 members (excludes halogenated alkanes) is 1. The van der Waals surface area contributed by atoms with Crippen molar-refractivity contribution in [1.82, 2.24) is 4.57 Å². The molecule has 1 heterocycles. The molecule has 7 heteroatoms. The van der Waals surface area contributed by atoms with E-state index in [2.05, 4.69) is 17.2 Å². The molecule has 0 saturated carbocycles. The highest BCUT2D eigenvalue weighted by molar-refractivity contribution is 6.31. The maximum Gasteiger partial charge on any atom is 0.299 e. The van der Waals surface area contributed by atoms with Gasteiger partial charge >= 0.3 is 0 Å². The van der Waals surface area contributed by atoms with E-state index in [1.165, 1.54) is 18.2 Å². The second kappa shape index (κ2) is 7.58. The van der Waals surface area contributed by atoms with Crippen molar-refractivity contribution in [3.05, 3.63) is 53.1 Å². The zero-order chi connectivity index (χ0) is 18.7. The molecule has 1 amide bonds. The molecule has 0 aliphatic heterocycles. The first-order valence-corrected chi connectivity index (χ1v) is 8.65. The molecule has 0 aliphatic carbocycles. The average molecular weight is 372 g/mol. The maximum absolute atomic E-state index is 12.2. The Labute approximate surface area is 155 Å². The first kappa shape index (κ1) is 17.9. The normalized spacial score (nSPS) is 11.5. The number of carbonyl (C=O) groups is 1. The summed E-state index contributed by atoms with van der Waals surface area (Å²) in [4.78, 5) is 12.2. The van der Waals surface area contributed by atoms with Gasteiger partial charge in [-0.2, -0.15) is 0 Å². The van der Waals surface area contributed by atoms with Gasteiger partial charge in [0, 0.05) is 17.0 Å². The quantitative estimate of drug-likeness (QED) is 0.586. The van der Waals surface area contributed by atoms with E-state index in [-0.39, 0.29) is 22.9 Å². The maximum atomic E-state index is 12.2. The van der Waals surface area contributed by atoms with Gasteiger partial charge in [-0.3, -0.25) is 4.79 Å². The van der Waals surface area contributed by atoms with Crippen LogP contribution in [0.4, 0.5) is 5.69 Å². The Bertz CT molecular complexity index is 995. The number of benzene rings is 2. The van der Waals surface area contributed by atoms with Crippen LogP contribution in [0.2, 0.25) is 5.02 Å². The minimum absolute atomic E-state index is 0.0356. The summed E-state index contributed by atoms with van der Waals surface area (Å²) < 4.78 is 1.76. The van der Waals surface area contributed by atoms with E-state index >= 15 is 0 Å². The van der Waals surface area contributed by atoms with E-state index in [9.17, 15) is 15.0 Å². The summed E-state index contributed by atoms with van der Waals surface area (Å²) in [5.41, 5.74) is 1.01. The standard InChI is InChI=1S/C19H18ClN3O3/c1-2-3-10-23-15-7-5-4-6-13(15)17(19(23)26)21-22-18(25)14-11-12(20)8-9-16(14)24/h4-9,11,24,26H,2-3,10H2,1H3. The number of para-hydroxylation sites is 1. The van der Waals surface area contributed by atoms with Crippen LogP contribution < -0.4 is 0 Å². The molecule has 0 radical (unpaired) electrons. The molecule has 3 aromatic rings. The molecule has 0 saturated heterocycles. The SMILES string of the molecule is CCCCn1c(O)c(N=NC(=O)c2cc(Cl)ccc2O)c2ccccc21. The smallest absolute Gasteiger partial charge is 0.299 e. The largest absolute Gasteiger partial charge is 0.507 e. The lowest BCUT2D eigenvalue weighted by molar-refractivity contribution is 0.0992. The third-order valence-electron chi connectivity index (χ3n) is 4.08. The van der Waals surface area contributed by atoms with Gasteiger partial charge in [-0.25, -0.2) is 0 Å². The Hall–Kier alpha value is -2.86. The van der Waals surface area contributed by atoms with Crippen molar-refractivity contribution in [2.45, 2.75) is 26.3 Å². The number of phenols is 1. The van der Waals surface area contributed by atoms with Gasteiger partial charge in [0.25, 0.3) is 5.91 Å². The lowest BCUT2D eigenvalue weighted by atomic mass is 10.2. The van der Waals surface area contributed by atoms with E-state index in [1.54, 1.807) is 4.57 Å². The number of carbonyl (C=O) groups excluding carboxylic acids is 1. The van der Waals surface area contributed by atoms with Gasteiger partial charge in [-0.15, -0.1) is 10.2 Å². The van der Waals surface area contributed by atoms with Crippen molar-refractivity contribution in [2.24, 2.45) is 10.2 Å². The van der Waals surface area contributed by atoms with Gasteiger partial charge in [0.05, 0.1) is 11.1 Å². The van der Waals surface area contributed by atoms with Crippen LogP contribution in [0.15, 0.2) is 52.7 Å². The van der Waals surface area contributed by atoms with Crippen molar-refractivity contribution >= 4 is 34.1 Å². The third kappa shape index (κ3) is 3.41. The molecule has 0 spiro atoms. The van der Waals surface area contributed by atoms with Crippen molar-refractivity contribution < 1.29 is 15.0 Å². The summed E-state index contributed by atoms with van der Waals surface area (Å²) in [5, 5.41) is 29.0. The van der Waals surface area contributed by atoms with Crippen LogP contribution >= 0.6 is 11.6 Å². The molecule has 134 valence electrons. The van der Waals surface area contributed by atoms with Crippen molar-refractivity contribution in [1.29, 1.82) is 0 Å². The minimum Gasteiger partial charge on any atom is -0.507 e. The van der Waals surface area contributed by atoms with Gasteiger partial charge < -0.3 is 14.8 Å². The molecular formula is C19H18ClN3O3. The molecule has 0 unspecified atom stereocenters. The molecular weight excluding hydrogens is 354 g/mol. The van der Waals surface area contributed by atoms with Crippen LogP contribution in [-0.4, -0.2) is 20.7 Å². The molecule has 2 aromatic carbocycles. The first-order chi connectivity index (χ1) is 12.5. The van der Waals surface area contributed by atoms with Crippen LogP contribution in [-0.2, 0) is 6.54 Å². The fraction of sp³-hybridized carbons (Fsp3) is 0.211. The van der Waals surface area contributed by atoms with Crippen LogP contribution in [0.25, 0.3) is 10.9 Å². The molecule has 2 N–H and O–H groups in total. The zero-order valence-electron chi connectivity index (χ0n) is 14.2. The summed E-state index contributed by atoms with van der Waals surface area (Å²) in [7, 11) is 0. The monoisotopic (exact) mass is 371 g/mol. The number of halogens is 1. The molecule has 26 heavy (non-hydrogen) atoms. The van der Waals surface area contributed by atoms with Gasteiger partial charge in [0.15, 0.2) is 5.69 Å². The highest BCUT2D eigenvalue weighted by Gasteiger charge is 2.17. The van der Waals surface area contributed by atoms with E-state index in [0.717, 1.165) is 18.4 Å². The van der Waals surface area contributed by atoms with Crippen molar-refractivity contribution in [3.63, 3.8) is 0 Å². The van der Waals surface area contributed by atoms with E-state index in [0.29, 0.717) is 17.0 Å². The summed E-state index contributed by atoms with van der Waals surface area (Å²) in [6, 6.07) is 11.5. The number of hydrogen-bond acceptors (Lipinski definition) is 4. The van der Waals surface area contributed by atoms with E-state index in [4.69, 9.17) is 11.6 Å². The number of hydrogen-bond donors (Lipinski definition) is 2. The van der Waals surface area contributed by atoms with Crippen LogP contribution in [0.3, 0.4) is 0 Å². The number of aromatic hydroxyl groups is 2. The number of rotatable bonds is 5. The minimum atomic E-state index is -0.741. The zero-order valence-corrected chi connectivity index (χ0v) is 14.9. The average Bonchev–Trinajstić information content (AvgIpc) is 2.91. The van der Waals surface area contributed by atoms with Gasteiger partial charge in [-0.05, 0) is 30.7 Å². The number of phenolic OH excluding ortho intramolecular Hbond substituents is 1. The summed E-state index contributed by atoms with van der Waals surface area (Å²) in [6.07, 6.45) is 1.88. The number of fused-ring (bicyclic) bond motifs is 1. The molecule has 0 aliphatic rings. The van der Waals surface area contributed by atoms with Crippen LogP contribution in [0, 0.1) is 0 Å². The molecule has 0 atom stereocenters. The van der Waals surface area contributed by atoms with E-state index in [1.807, 2.05) is 24.3 Å². The predicted molar refractivity (Wildman–Crippen MR) is 100 cm³/mol. The van der Waals surface area contributed by atoms with Crippen molar-refractivity contribution in [3.8, 4) is 11.6 Å². The molecule has 1 aromatic heterocycles. The molecule has 0 fully saturated rings. The summed E-state index contributed by atoms with van der Waals surface area (Å²) in [5.74, 6) is -1.01. The third-order valence-corrected chi connectivity index (χ3v) is 4.32. The van der Waals surface area contributed by atoms with Gasteiger partial charge in [-0.1, -0.05) is 43.1 Å². The molecule has 6 nitrogen and oxygen atoms in total. The highest BCUT2D eigenvalue weighted by atomic mass is 35.5. The highest BCUT2D eigenvalue weighted by Crippen LogP contribution is 2.39. The fourth-order valence-corrected chi connectivity index (χ4v) is 2.91. The second-order valence-electron chi connectivity index (χ2n) is 5.86. The number of aryl methyl sites for hydroxylation is 1. The number of azo groups is 1. The summed E-state index contributed by atoms with van der Waals surface area (Å²) >= 11 is 5.85. The Morgan fingerprint density at radius 2 is 1.96 bits per heavy atom. The Morgan fingerprint density at radius 1 is 1.19 bits per heavy atom. The fourth-order valence-electron chi connectivity index (χ4n) is 2.74. The Kier molecular flexibility index (Phi) is 5.23. The molecule has 0 bridgehead atoms. The van der Waals surface area contributed by atoms with Gasteiger partial charge in [0.2, 0.25) is 5.88 Å². The lowest BCUT2D eigenvalue weighted by Crippen LogP contribution is -1.96. The molecule has 3 rings (SSSR count). The number of amides is 1. The topological polar surface area (TPSA) is 87.2 Å². The van der Waals surface area contributed by atoms with Crippen LogP contribution in [0.1, 0.15) is 30.1 Å². The van der Waals surface area contributed by atoms with Crippen molar-refractivity contribution in [2.75, 3.05) is 0 Å². The van der Waals surface area contributed by atoms with E-state index < -0.39 is 5.91 Å². The second-order valence-corrected chi connectivity index (χ2v) is 6.30. The Morgan fingerprint density at radius 3 is 2.73 bits per heavy atom.